The van der Waals surface area contributed by atoms with Crippen LogP contribution in [-0.4, -0.2) is 34.7 Å². The van der Waals surface area contributed by atoms with Gasteiger partial charge in [0.15, 0.2) is 5.82 Å². The Balaban J connectivity index is 0.000000684. The van der Waals surface area contributed by atoms with Gasteiger partial charge in [-0.1, -0.05) is 30.6 Å². The third-order valence-electron chi connectivity index (χ3n) is 5.05. The number of carbonyl (C=O) groups is 3. The first-order valence-electron chi connectivity index (χ1n) is 14.0. The molecule has 3 aromatic rings. The van der Waals surface area contributed by atoms with Crippen molar-refractivity contribution in [3.05, 3.63) is 86.7 Å². The number of ether oxygens (including phenoxy) is 3. The molecule has 0 bridgehead atoms. The van der Waals surface area contributed by atoms with E-state index in [1.807, 2.05) is 0 Å². The van der Waals surface area contributed by atoms with Crippen LogP contribution in [0.1, 0.15) is 101 Å². The Labute approximate surface area is 289 Å². The van der Waals surface area contributed by atoms with E-state index in [0.717, 1.165) is 12.1 Å². The Hall–Kier alpha value is -4.16. The molecule has 48 heavy (non-hydrogen) atoms. The lowest BCUT2D eigenvalue weighted by molar-refractivity contribution is 0.00518. The van der Waals surface area contributed by atoms with Gasteiger partial charge in [-0.2, -0.15) is 0 Å². The maximum Gasteiger partial charge on any atom is 0.341 e. The van der Waals surface area contributed by atoms with Crippen LogP contribution in [0.3, 0.4) is 0 Å². The van der Waals surface area contributed by atoms with E-state index in [4.69, 9.17) is 54.6 Å². The smallest absolute Gasteiger partial charge is 0.341 e. The molecule has 0 saturated carbocycles. The fraction of sp³-hybridized carbons (Fsp3) is 0.382. The number of carbonyl (C=O) groups excluding carboxylic acids is 3. The largest absolute Gasteiger partial charge is 0.456 e. The quantitative estimate of drug-likeness (QED) is 0.137. The van der Waals surface area contributed by atoms with Gasteiger partial charge in [0, 0.05) is 5.69 Å². The van der Waals surface area contributed by atoms with Gasteiger partial charge < -0.3 is 31.4 Å². The molecule has 0 fully saturated rings. The van der Waals surface area contributed by atoms with Gasteiger partial charge >= 0.3 is 17.9 Å². The predicted octanol–water partition coefficient (Wildman–Crippen LogP) is 9.03. The zero-order valence-corrected chi connectivity index (χ0v) is 29.1. The van der Waals surface area contributed by atoms with Gasteiger partial charge in [0.05, 0.1) is 33.1 Å². The van der Waals surface area contributed by atoms with Crippen molar-refractivity contribution >= 4 is 58.2 Å². The molecular weight excluding hydrogens is 674 g/mol. The normalized spacial score (nSPS) is 11.0. The second-order valence-corrected chi connectivity index (χ2v) is 13.7. The van der Waals surface area contributed by atoms with Crippen molar-refractivity contribution in [1.29, 1.82) is 0 Å². The highest BCUT2D eigenvalue weighted by Crippen LogP contribution is 2.27. The highest BCUT2D eigenvalue weighted by atomic mass is 35.5. The van der Waals surface area contributed by atoms with Crippen LogP contribution in [-0.2, 0) is 14.2 Å². The summed E-state index contributed by atoms with van der Waals surface area (Å²) in [6, 6.07) is 8.66. The fourth-order valence-electron chi connectivity index (χ4n) is 3.14. The lowest BCUT2D eigenvalue weighted by Crippen LogP contribution is -2.24. The molecule has 0 aliphatic heterocycles. The first-order valence-corrected chi connectivity index (χ1v) is 14.7. The van der Waals surface area contributed by atoms with E-state index >= 15 is 0 Å². The Bertz CT molecular complexity index is 1590. The van der Waals surface area contributed by atoms with Crippen molar-refractivity contribution < 1.29 is 41.8 Å². The van der Waals surface area contributed by atoms with Gasteiger partial charge in [-0.05, 0) is 105 Å². The summed E-state index contributed by atoms with van der Waals surface area (Å²) >= 11 is 11.3. The van der Waals surface area contributed by atoms with E-state index in [9.17, 15) is 27.6 Å². The van der Waals surface area contributed by atoms with Crippen molar-refractivity contribution in [2.45, 2.75) is 86.5 Å². The maximum absolute atomic E-state index is 13.6. The fourth-order valence-corrected chi connectivity index (χ4v) is 3.47. The van der Waals surface area contributed by atoms with E-state index < -0.39 is 52.2 Å². The molecule has 0 radical (unpaired) electrons. The summed E-state index contributed by atoms with van der Waals surface area (Å²) in [5, 5.41) is -0.134. The molecule has 14 heteroatoms. The summed E-state index contributed by atoms with van der Waals surface area (Å²) in [5.74, 6) is -4.45. The van der Waals surface area contributed by atoms with E-state index in [-0.39, 0.29) is 51.2 Å². The van der Waals surface area contributed by atoms with Crippen LogP contribution in [0.25, 0.3) is 0 Å². The molecule has 3 aromatic carbocycles. The van der Waals surface area contributed by atoms with Gasteiger partial charge in [-0.25, -0.2) is 27.6 Å². The number of rotatable bonds is 3. The third kappa shape index (κ3) is 14.7. The van der Waals surface area contributed by atoms with Crippen LogP contribution in [0.2, 0.25) is 10.0 Å². The number of hydrogen-bond donors (Lipinski definition) is 3. The molecule has 0 aliphatic rings. The summed E-state index contributed by atoms with van der Waals surface area (Å²) in [6.45, 7) is 15.3. The number of esters is 3. The van der Waals surface area contributed by atoms with E-state index in [1.165, 1.54) is 30.3 Å². The first-order chi connectivity index (χ1) is 21.2. The lowest BCUT2D eigenvalue weighted by atomic mass is 10.1. The summed E-state index contributed by atoms with van der Waals surface area (Å²) in [7, 11) is 0. The van der Waals surface area contributed by atoms with Crippen LogP contribution in [0.4, 0.5) is 30.2 Å². The summed E-state index contributed by atoms with van der Waals surface area (Å²) < 4.78 is 55.4. The van der Waals surface area contributed by atoms with Crippen LogP contribution in [0, 0.1) is 17.5 Å². The number of hydrogen-bond acceptors (Lipinski definition) is 9. The van der Waals surface area contributed by atoms with Crippen molar-refractivity contribution in [3.63, 3.8) is 0 Å². The van der Waals surface area contributed by atoms with Crippen molar-refractivity contribution in [2.75, 3.05) is 17.2 Å². The topological polar surface area (TPSA) is 157 Å². The Morgan fingerprint density at radius 2 is 0.979 bits per heavy atom. The average Bonchev–Trinajstić information content (AvgIpc) is 2.87. The van der Waals surface area contributed by atoms with E-state index in [0.29, 0.717) is 0 Å². The van der Waals surface area contributed by atoms with Crippen LogP contribution in [0.5, 0.6) is 0 Å². The molecule has 6 N–H and O–H groups in total. The van der Waals surface area contributed by atoms with Crippen LogP contribution < -0.4 is 17.2 Å². The molecule has 0 amide bonds. The lowest BCUT2D eigenvalue weighted by Gasteiger charge is -2.19. The average molecular weight is 719 g/mol. The zero-order valence-electron chi connectivity index (χ0n) is 27.6. The summed E-state index contributed by atoms with van der Waals surface area (Å²) in [6.07, 6.45) is 0. The molecule has 0 heterocycles. The number of nitrogens with two attached hydrogens (primary N) is 3. The van der Waals surface area contributed by atoms with Gasteiger partial charge in [-0.15, -0.1) is 0 Å². The van der Waals surface area contributed by atoms with Crippen molar-refractivity contribution in [2.24, 2.45) is 0 Å². The van der Waals surface area contributed by atoms with Gasteiger partial charge in [-0.3, -0.25) is 0 Å². The minimum absolute atomic E-state index is 0. The molecule has 3 rings (SSSR count). The number of halogens is 5. The Kier molecular flexibility index (Phi) is 15.8. The predicted molar refractivity (Wildman–Crippen MR) is 185 cm³/mol. The highest BCUT2D eigenvalue weighted by molar-refractivity contribution is 6.33. The molecule has 0 aromatic heterocycles. The maximum atomic E-state index is 13.6. The minimum atomic E-state index is -0.851. The summed E-state index contributed by atoms with van der Waals surface area (Å²) in [4.78, 5) is 34.7. The molecule has 0 atom stereocenters. The van der Waals surface area contributed by atoms with Crippen LogP contribution >= 0.6 is 23.2 Å². The molecular formula is C34H44Cl2F3N3O6. The van der Waals surface area contributed by atoms with Gasteiger partial charge in [0.1, 0.15) is 33.5 Å². The second-order valence-electron chi connectivity index (χ2n) is 12.9. The zero-order chi connectivity index (χ0) is 36.7. The van der Waals surface area contributed by atoms with Crippen molar-refractivity contribution in [3.8, 4) is 0 Å². The standard InChI is InChI=1S/2C11H13ClFNO2.C11H14FNO2.CH4/c1-11(2,3)16-10(15)6-4-7(12)9(14)5-8(6)13;1-11(2,3)16-10(15)6-4-5-7(14)8(12)9(6)13;1-11(2,3)15-10(14)8-5-4-7(13)6-9(8)12;/h2*4-5H,14H2,1-3H3;4-6H,13H2,1-3H3;1H4. The number of anilines is 3. The molecule has 0 aliphatic carbocycles. The Morgan fingerprint density at radius 1 is 0.583 bits per heavy atom. The minimum Gasteiger partial charge on any atom is -0.456 e. The van der Waals surface area contributed by atoms with Crippen LogP contribution in [0.15, 0.2) is 42.5 Å². The third-order valence-corrected chi connectivity index (χ3v) is 5.76. The SMILES string of the molecule is C.CC(C)(C)OC(=O)c1cc(Cl)c(N)cc1F.CC(C)(C)OC(=O)c1ccc(N)c(Cl)c1F.CC(C)(C)OC(=O)c1ccc(N)cc1F. The van der Waals surface area contributed by atoms with Gasteiger partial charge in [0.2, 0.25) is 0 Å². The monoisotopic (exact) mass is 717 g/mol. The molecule has 0 unspecified atom stereocenters. The second kappa shape index (κ2) is 17.3. The Morgan fingerprint density at radius 3 is 1.42 bits per heavy atom. The summed E-state index contributed by atoms with van der Waals surface area (Å²) in [5.41, 5.74) is 14.1. The molecule has 9 nitrogen and oxygen atoms in total. The first kappa shape index (κ1) is 43.8. The number of benzene rings is 3. The molecule has 266 valence electrons. The molecule has 0 saturated heterocycles. The van der Waals surface area contributed by atoms with E-state index in [1.54, 1.807) is 62.3 Å². The highest BCUT2D eigenvalue weighted by Gasteiger charge is 2.24. The van der Waals surface area contributed by atoms with E-state index in [2.05, 4.69) is 0 Å². The number of nitrogen functional groups attached to an aromatic ring is 3. The van der Waals surface area contributed by atoms with Crippen molar-refractivity contribution in [1.82, 2.24) is 0 Å². The molecule has 0 spiro atoms. The van der Waals surface area contributed by atoms with Gasteiger partial charge in [0.25, 0.3) is 0 Å².